The minimum Gasteiger partial charge on any atom is -0.462 e. The van der Waals surface area contributed by atoms with Gasteiger partial charge in [0.2, 0.25) is 0 Å². The number of phosphoric ester groups is 2. The SMILES string of the molecule is CC/C=C\C/C=C\C/C=C\CCCCCCCCCC(=O)OC(COC(=O)CCCCCCCC/C=C\C/C=C\C/C=C\CCCCC)COP(=O)(O)OCC(O)COP(=O)(O)OCC(COC(=O)CCCCCCC/C=C\CCCC)OC(=O)CCCCCCCCCCCCC. The molecule has 0 spiro atoms. The molecule has 5 unspecified atom stereocenters. The second-order valence-electron chi connectivity index (χ2n) is 25.9. The van der Waals surface area contributed by atoms with Crippen LogP contribution in [0.5, 0.6) is 0 Å². The summed E-state index contributed by atoms with van der Waals surface area (Å²) in [4.78, 5) is 72.8. The number of aliphatic hydroxyl groups excluding tert-OH is 1. The fourth-order valence-corrected chi connectivity index (χ4v) is 12.0. The zero-order chi connectivity index (χ0) is 71.8. The summed E-state index contributed by atoms with van der Waals surface area (Å²) in [5, 5.41) is 10.6. The maximum absolute atomic E-state index is 13.1. The lowest BCUT2D eigenvalue weighted by Gasteiger charge is -2.21. The number of carbonyl (C=O) groups excluding carboxylic acids is 4. The molecule has 0 aliphatic rings. The summed E-state index contributed by atoms with van der Waals surface area (Å²) in [6.07, 6.45) is 72.9. The number of carbonyl (C=O) groups is 4. The highest BCUT2D eigenvalue weighted by atomic mass is 31.2. The second kappa shape index (κ2) is 71.6. The lowest BCUT2D eigenvalue weighted by atomic mass is 10.1. The number of unbranched alkanes of at least 4 members (excludes halogenated alkanes) is 33. The van der Waals surface area contributed by atoms with Crippen molar-refractivity contribution in [2.75, 3.05) is 39.6 Å². The van der Waals surface area contributed by atoms with E-state index < -0.39 is 97.5 Å². The van der Waals surface area contributed by atoms with E-state index in [1.807, 2.05) is 0 Å². The lowest BCUT2D eigenvalue weighted by molar-refractivity contribution is -0.161. The Morgan fingerprint density at radius 1 is 0.296 bits per heavy atom. The zero-order valence-electron chi connectivity index (χ0n) is 62.0. The molecule has 3 N–H and O–H groups in total. The summed E-state index contributed by atoms with van der Waals surface area (Å²) in [5.41, 5.74) is 0. The summed E-state index contributed by atoms with van der Waals surface area (Å²) in [6, 6.07) is 0. The van der Waals surface area contributed by atoms with Crippen LogP contribution in [0.15, 0.2) is 85.1 Å². The smallest absolute Gasteiger partial charge is 0.462 e. The van der Waals surface area contributed by atoms with Crippen molar-refractivity contribution in [3.8, 4) is 0 Å². The van der Waals surface area contributed by atoms with Crippen molar-refractivity contribution in [2.24, 2.45) is 0 Å². The molecule has 0 amide bonds. The number of phosphoric acid groups is 2. The highest BCUT2D eigenvalue weighted by molar-refractivity contribution is 7.47. The Bertz CT molecular complexity index is 2190. The van der Waals surface area contributed by atoms with E-state index in [-0.39, 0.29) is 25.7 Å². The summed E-state index contributed by atoms with van der Waals surface area (Å²) in [6.45, 7) is 4.69. The second-order valence-corrected chi connectivity index (χ2v) is 28.8. The Kier molecular flexibility index (Phi) is 68.9. The highest BCUT2D eigenvalue weighted by Gasteiger charge is 2.30. The van der Waals surface area contributed by atoms with Gasteiger partial charge >= 0.3 is 39.5 Å². The fraction of sp³-hybridized carbons (Fsp3) is 0.772. The molecule has 0 saturated carbocycles. The molecule has 0 aromatic carbocycles. The van der Waals surface area contributed by atoms with Crippen LogP contribution in [0.1, 0.15) is 336 Å². The number of allylic oxidation sites excluding steroid dienone is 14. The van der Waals surface area contributed by atoms with E-state index in [0.717, 1.165) is 186 Å². The topological polar surface area (TPSA) is 237 Å². The van der Waals surface area contributed by atoms with Gasteiger partial charge in [0.1, 0.15) is 19.3 Å². The van der Waals surface area contributed by atoms with Crippen molar-refractivity contribution in [1.29, 1.82) is 0 Å². The Morgan fingerprint density at radius 3 is 0.878 bits per heavy atom. The first-order chi connectivity index (χ1) is 47.7. The van der Waals surface area contributed by atoms with E-state index in [1.54, 1.807) is 0 Å². The van der Waals surface area contributed by atoms with Crippen molar-refractivity contribution in [2.45, 2.75) is 354 Å². The largest absolute Gasteiger partial charge is 0.472 e. The molecule has 0 radical (unpaired) electrons. The van der Waals surface area contributed by atoms with Crippen LogP contribution in [-0.4, -0.2) is 96.7 Å². The first-order valence-electron chi connectivity index (χ1n) is 38.8. The molecule has 0 aromatic rings. The van der Waals surface area contributed by atoms with E-state index in [4.69, 9.17) is 37.0 Å². The van der Waals surface area contributed by atoms with Crippen LogP contribution < -0.4 is 0 Å². The van der Waals surface area contributed by atoms with Crippen LogP contribution in [0, 0.1) is 0 Å². The average Bonchev–Trinajstić information content (AvgIpc) is 1.06. The van der Waals surface area contributed by atoms with Crippen LogP contribution >= 0.6 is 15.6 Å². The monoisotopic (exact) mass is 1420 g/mol. The molecule has 0 aliphatic heterocycles. The molecule has 0 rings (SSSR count). The molecule has 0 fully saturated rings. The van der Waals surface area contributed by atoms with Crippen LogP contribution in [-0.2, 0) is 65.4 Å². The first kappa shape index (κ1) is 94.2. The maximum atomic E-state index is 13.1. The molecule has 0 aromatic heterocycles. The molecule has 19 heteroatoms. The summed E-state index contributed by atoms with van der Waals surface area (Å²) < 4.78 is 68.4. The van der Waals surface area contributed by atoms with Crippen LogP contribution in [0.3, 0.4) is 0 Å². The summed E-state index contributed by atoms with van der Waals surface area (Å²) in [5.74, 6) is -2.19. The Morgan fingerprint density at radius 2 is 0.541 bits per heavy atom. The van der Waals surface area contributed by atoms with E-state index in [0.29, 0.717) is 25.7 Å². The molecule has 568 valence electrons. The van der Waals surface area contributed by atoms with Gasteiger partial charge in [-0.25, -0.2) is 9.13 Å². The number of aliphatic hydroxyl groups is 1. The number of hydrogen-bond acceptors (Lipinski definition) is 15. The molecule has 17 nitrogen and oxygen atoms in total. The van der Waals surface area contributed by atoms with Crippen molar-refractivity contribution < 1.29 is 80.2 Å². The predicted octanol–water partition coefficient (Wildman–Crippen LogP) is 22.2. The van der Waals surface area contributed by atoms with E-state index in [1.165, 1.54) is 70.6 Å². The lowest BCUT2D eigenvalue weighted by Crippen LogP contribution is -2.30. The van der Waals surface area contributed by atoms with E-state index in [9.17, 15) is 43.2 Å². The van der Waals surface area contributed by atoms with Gasteiger partial charge in [0.15, 0.2) is 12.2 Å². The predicted molar refractivity (Wildman–Crippen MR) is 399 cm³/mol. The van der Waals surface area contributed by atoms with Crippen LogP contribution in [0.25, 0.3) is 0 Å². The maximum Gasteiger partial charge on any atom is 0.472 e. The zero-order valence-corrected chi connectivity index (χ0v) is 63.7. The highest BCUT2D eigenvalue weighted by Crippen LogP contribution is 2.45. The Hall–Kier alpha value is -3.76. The third-order valence-electron chi connectivity index (χ3n) is 16.3. The molecule has 0 saturated heterocycles. The van der Waals surface area contributed by atoms with Gasteiger partial charge in [0.25, 0.3) is 0 Å². The standard InChI is InChI=1S/C79H140O17P2/c1-5-9-13-17-21-25-29-31-33-35-36-38-39-41-45-48-52-56-60-64-77(82)90-70-75(96-79(84)66-62-58-54-50-46-42-40-37-34-32-30-26-22-18-14-10-6-2)72-94-98(87,88)92-68-73(80)67-91-97(85,86)93-71-74(95-78(83)65-61-57-53-49-44-28-24-20-16-12-8-4)69-89-76(81)63-59-55-51-47-43-27-23-19-15-11-7-3/h10,14,19,21-23,25-26,31-34,36,38,73-75,80H,5-9,11-13,15-18,20,24,27-30,35,37,39-72H2,1-4H3,(H,85,86)(H,87,88)/b14-10-,23-19-,25-21-,26-22-,33-31-,34-32-,38-36-. The van der Waals surface area contributed by atoms with Crippen LogP contribution in [0.4, 0.5) is 0 Å². The van der Waals surface area contributed by atoms with Crippen molar-refractivity contribution >= 4 is 39.5 Å². The summed E-state index contributed by atoms with van der Waals surface area (Å²) >= 11 is 0. The molecule has 0 heterocycles. The van der Waals surface area contributed by atoms with Gasteiger partial charge in [-0.15, -0.1) is 0 Å². The normalized spacial score (nSPS) is 14.4. The fourth-order valence-electron chi connectivity index (χ4n) is 10.4. The minimum absolute atomic E-state index is 0.0817. The van der Waals surface area contributed by atoms with Gasteiger partial charge in [-0.3, -0.25) is 37.3 Å². The van der Waals surface area contributed by atoms with Gasteiger partial charge in [0.05, 0.1) is 26.4 Å². The Balaban J connectivity index is 5.32. The molecular formula is C79H140O17P2. The van der Waals surface area contributed by atoms with Crippen LogP contribution in [0.2, 0.25) is 0 Å². The number of esters is 4. The van der Waals surface area contributed by atoms with E-state index >= 15 is 0 Å². The first-order valence-corrected chi connectivity index (χ1v) is 41.8. The number of hydrogen-bond donors (Lipinski definition) is 3. The third kappa shape index (κ3) is 70.7. The van der Waals surface area contributed by atoms with Crippen molar-refractivity contribution in [3.63, 3.8) is 0 Å². The summed E-state index contributed by atoms with van der Waals surface area (Å²) in [7, 11) is -9.94. The van der Waals surface area contributed by atoms with Gasteiger partial charge in [-0.1, -0.05) is 280 Å². The quantitative estimate of drug-likeness (QED) is 0.0169. The third-order valence-corrected chi connectivity index (χ3v) is 18.2. The molecule has 5 atom stereocenters. The van der Waals surface area contributed by atoms with E-state index in [2.05, 4.69) is 113 Å². The van der Waals surface area contributed by atoms with Crippen molar-refractivity contribution in [1.82, 2.24) is 0 Å². The molecular weight excluding hydrogens is 1280 g/mol. The Labute approximate surface area is 595 Å². The minimum atomic E-state index is -4.98. The van der Waals surface area contributed by atoms with Gasteiger partial charge in [0, 0.05) is 25.7 Å². The molecule has 0 bridgehead atoms. The molecule has 98 heavy (non-hydrogen) atoms. The van der Waals surface area contributed by atoms with Gasteiger partial charge in [-0.05, 0) is 116 Å². The number of ether oxygens (including phenoxy) is 4. The van der Waals surface area contributed by atoms with Gasteiger partial charge < -0.3 is 33.8 Å². The van der Waals surface area contributed by atoms with Crippen molar-refractivity contribution in [3.05, 3.63) is 85.1 Å². The van der Waals surface area contributed by atoms with Gasteiger partial charge in [-0.2, -0.15) is 0 Å². The average molecular weight is 1420 g/mol. The number of rotatable bonds is 73. The molecule has 0 aliphatic carbocycles.